The van der Waals surface area contributed by atoms with Crippen molar-refractivity contribution in [2.45, 2.75) is 13.3 Å². The van der Waals surface area contributed by atoms with E-state index in [1.807, 2.05) is 79.7 Å². The molecule has 3 heteroatoms. The zero-order valence-electron chi connectivity index (χ0n) is 13.0. The number of carbonyl (C=O) groups is 1. The molecular weight excluding hydrogens is 284 g/mol. The molecule has 0 saturated carbocycles. The van der Waals surface area contributed by atoms with Gasteiger partial charge in [-0.05, 0) is 29.3 Å². The molecule has 1 N–H and O–H groups in total. The molecule has 0 atom stereocenters. The third-order valence-electron chi connectivity index (χ3n) is 3.69. The van der Waals surface area contributed by atoms with Crippen molar-refractivity contribution >= 4 is 22.4 Å². The molecule has 0 spiro atoms. The van der Waals surface area contributed by atoms with Gasteiger partial charge in [0.25, 0.3) is 5.91 Å². The number of benzene rings is 3. The number of hydrogen-bond donors (Lipinski definition) is 1. The summed E-state index contributed by atoms with van der Waals surface area (Å²) in [4.78, 5) is 12.4. The first-order chi connectivity index (χ1) is 11.2. The van der Waals surface area contributed by atoms with Crippen LogP contribution in [0.5, 0.6) is 0 Å². The molecule has 0 aliphatic carbocycles. The maximum atomic E-state index is 12.4. The van der Waals surface area contributed by atoms with Gasteiger partial charge in [0.05, 0.1) is 0 Å². The molecule has 3 aromatic carbocycles. The quantitative estimate of drug-likeness (QED) is 0.570. The molecule has 23 heavy (non-hydrogen) atoms. The predicted octanol–water partition coefficient (Wildman–Crippen LogP) is 4.19. The smallest absolute Gasteiger partial charge is 0.267 e. The highest BCUT2D eigenvalue weighted by Crippen LogP contribution is 2.18. The molecule has 3 rings (SSSR count). The molecule has 0 aromatic heterocycles. The second-order valence-electron chi connectivity index (χ2n) is 5.48. The highest BCUT2D eigenvalue weighted by Gasteiger charge is 2.08. The standard InChI is InChI=1S/C20H18N2O/c1-15(14-16-8-3-2-4-9-16)21-22-20(23)19-13-7-11-17-10-5-6-12-18(17)19/h2-13H,14H2,1H3,(H,22,23)/b21-15+. The number of carbonyl (C=O) groups excluding carboxylic acids is 1. The van der Waals surface area contributed by atoms with Crippen LogP contribution < -0.4 is 5.43 Å². The summed E-state index contributed by atoms with van der Waals surface area (Å²) in [5.74, 6) is -0.186. The van der Waals surface area contributed by atoms with Gasteiger partial charge >= 0.3 is 0 Å². The largest absolute Gasteiger partial charge is 0.271 e. The van der Waals surface area contributed by atoms with E-state index >= 15 is 0 Å². The lowest BCUT2D eigenvalue weighted by atomic mass is 10.0. The molecular formula is C20H18N2O. The number of rotatable bonds is 4. The lowest BCUT2D eigenvalue weighted by molar-refractivity contribution is 0.0956. The Kier molecular flexibility index (Phi) is 4.48. The average molecular weight is 302 g/mol. The van der Waals surface area contributed by atoms with Crippen LogP contribution in [-0.2, 0) is 6.42 Å². The topological polar surface area (TPSA) is 41.5 Å². The van der Waals surface area contributed by atoms with E-state index in [9.17, 15) is 4.79 Å². The van der Waals surface area contributed by atoms with Crippen molar-refractivity contribution in [2.24, 2.45) is 5.10 Å². The van der Waals surface area contributed by atoms with Crippen molar-refractivity contribution in [3.8, 4) is 0 Å². The Hall–Kier alpha value is -2.94. The lowest BCUT2D eigenvalue weighted by Crippen LogP contribution is -2.19. The van der Waals surface area contributed by atoms with Gasteiger partial charge in [0, 0.05) is 17.7 Å². The van der Waals surface area contributed by atoms with Gasteiger partial charge in [-0.2, -0.15) is 5.10 Å². The van der Waals surface area contributed by atoms with E-state index in [1.54, 1.807) is 0 Å². The first kappa shape index (κ1) is 15.0. The predicted molar refractivity (Wildman–Crippen MR) is 94.7 cm³/mol. The molecule has 0 unspecified atom stereocenters. The summed E-state index contributed by atoms with van der Waals surface area (Å²) in [6.07, 6.45) is 0.719. The van der Waals surface area contributed by atoms with E-state index in [4.69, 9.17) is 0 Å². The third kappa shape index (κ3) is 3.64. The zero-order valence-corrected chi connectivity index (χ0v) is 13.0. The third-order valence-corrected chi connectivity index (χ3v) is 3.69. The van der Waals surface area contributed by atoms with Gasteiger partial charge < -0.3 is 0 Å². The van der Waals surface area contributed by atoms with Crippen molar-refractivity contribution in [3.05, 3.63) is 83.9 Å². The lowest BCUT2D eigenvalue weighted by Gasteiger charge is -2.06. The van der Waals surface area contributed by atoms with E-state index in [0.29, 0.717) is 5.56 Å². The van der Waals surface area contributed by atoms with Crippen molar-refractivity contribution in [3.63, 3.8) is 0 Å². The van der Waals surface area contributed by atoms with Gasteiger partial charge in [0.15, 0.2) is 0 Å². The highest BCUT2D eigenvalue weighted by molar-refractivity contribution is 6.07. The minimum absolute atomic E-state index is 0.186. The summed E-state index contributed by atoms with van der Waals surface area (Å²) in [5, 5.41) is 6.20. The summed E-state index contributed by atoms with van der Waals surface area (Å²) >= 11 is 0. The molecule has 3 aromatic rings. The van der Waals surface area contributed by atoms with E-state index in [0.717, 1.165) is 22.9 Å². The fourth-order valence-corrected chi connectivity index (χ4v) is 2.56. The first-order valence-electron chi connectivity index (χ1n) is 7.59. The van der Waals surface area contributed by atoms with Crippen molar-refractivity contribution in [1.29, 1.82) is 0 Å². The zero-order chi connectivity index (χ0) is 16.1. The monoisotopic (exact) mass is 302 g/mol. The summed E-state index contributed by atoms with van der Waals surface area (Å²) in [6.45, 7) is 1.91. The fourth-order valence-electron chi connectivity index (χ4n) is 2.56. The number of nitrogens with one attached hydrogen (secondary N) is 1. The summed E-state index contributed by atoms with van der Waals surface area (Å²) in [5.41, 5.74) is 5.34. The van der Waals surface area contributed by atoms with E-state index in [1.165, 1.54) is 5.56 Å². The van der Waals surface area contributed by atoms with Gasteiger partial charge in [0.2, 0.25) is 0 Å². The van der Waals surface area contributed by atoms with Crippen LogP contribution >= 0.6 is 0 Å². The maximum Gasteiger partial charge on any atom is 0.271 e. The highest BCUT2D eigenvalue weighted by atomic mass is 16.2. The Morgan fingerprint density at radius 2 is 1.61 bits per heavy atom. The molecule has 0 radical (unpaired) electrons. The summed E-state index contributed by atoms with van der Waals surface area (Å²) in [7, 11) is 0. The number of amides is 1. The van der Waals surface area contributed by atoms with Gasteiger partial charge in [0.1, 0.15) is 0 Å². The SMILES string of the molecule is C/C(Cc1ccccc1)=N\NC(=O)c1cccc2ccccc12. The normalized spacial score (nSPS) is 11.4. The van der Waals surface area contributed by atoms with Crippen molar-refractivity contribution in [2.75, 3.05) is 0 Å². The van der Waals surface area contributed by atoms with E-state index in [2.05, 4.69) is 10.5 Å². The van der Waals surface area contributed by atoms with E-state index < -0.39 is 0 Å². The molecule has 1 amide bonds. The van der Waals surface area contributed by atoms with Crippen LogP contribution in [0.2, 0.25) is 0 Å². The number of nitrogens with zero attached hydrogens (tertiary/aromatic N) is 1. The van der Waals surface area contributed by atoms with Gasteiger partial charge in [-0.25, -0.2) is 5.43 Å². The van der Waals surface area contributed by atoms with Crippen LogP contribution in [0.15, 0.2) is 77.9 Å². The Morgan fingerprint density at radius 1 is 0.913 bits per heavy atom. The minimum atomic E-state index is -0.186. The molecule has 0 aliphatic rings. The van der Waals surface area contributed by atoms with E-state index in [-0.39, 0.29) is 5.91 Å². The molecule has 0 fully saturated rings. The Balaban J connectivity index is 1.75. The van der Waals surface area contributed by atoms with Crippen LogP contribution in [0.25, 0.3) is 10.8 Å². The van der Waals surface area contributed by atoms with Gasteiger partial charge in [-0.15, -0.1) is 0 Å². The van der Waals surface area contributed by atoms with Crippen LogP contribution in [0.3, 0.4) is 0 Å². The number of hydrogen-bond acceptors (Lipinski definition) is 2. The average Bonchev–Trinajstić information content (AvgIpc) is 2.60. The van der Waals surface area contributed by atoms with Crippen molar-refractivity contribution in [1.82, 2.24) is 5.43 Å². The molecule has 114 valence electrons. The Bertz CT molecular complexity index is 848. The number of fused-ring (bicyclic) bond motifs is 1. The Morgan fingerprint density at radius 3 is 2.43 bits per heavy atom. The fraction of sp³-hybridized carbons (Fsp3) is 0.100. The maximum absolute atomic E-state index is 12.4. The minimum Gasteiger partial charge on any atom is -0.267 e. The molecule has 0 heterocycles. The summed E-state index contributed by atoms with van der Waals surface area (Å²) < 4.78 is 0. The molecule has 0 bridgehead atoms. The summed E-state index contributed by atoms with van der Waals surface area (Å²) in [6, 6.07) is 23.6. The van der Waals surface area contributed by atoms with Crippen LogP contribution in [0, 0.1) is 0 Å². The first-order valence-corrected chi connectivity index (χ1v) is 7.59. The van der Waals surface area contributed by atoms with Gasteiger partial charge in [-0.3, -0.25) is 4.79 Å². The second-order valence-corrected chi connectivity index (χ2v) is 5.48. The van der Waals surface area contributed by atoms with Crippen molar-refractivity contribution < 1.29 is 4.79 Å². The number of hydrazone groups is 1. The van der Waals surface area contributed by atoms with Crippen LogP contribution in [0.1, 0.15) is 22.8 Å². The van der Waals surface area contributed by atoms with Crippen LogP contribution in [0.4, 0.5) is 0 Å². The molecule has 0 aliphatic heterocycles. The molecule has 0 saturated heterocycles. The second kappa shape index (κ2) is 6.88. The van der Waals surface area contributed by atoms with Crippen LogP contribution in [-0.4, -0.2) is 11.6 Å². The molecule has 3 nitrogen and oxygen atoms in total. The Labute approximate surface area is 135 Å². The van der Waals surface area contributed by atoms with Gasteiger partial charge in [-0.1, -0.05) is 66.7 Å².